The monoisotopic (exact) mass is 314 g/mol. The van der Waals surface area contributed by atoms with Gasteiger partial charge < -0.3 is 19.9 Å². The summed E-state index contributed by atoms with van der Waals surface area (Å²) in [5.41, 5.74) is 3.17. The molecule has 0 aliphatic carbocycles. The highest BCUT2D eigenvalue weighted by Crippen LogP contribution is 2.23. The predicted octanol–water partition coefficient (Wildman–Crippen LogP) is 2.36. The molecule has 1 atom stereocenters. The van der Waals surface area contributed by atoms with Crippen molar-refractivity contribution in [2.45, 2.75) is 12.8 Å². The molecular formula is C18H20NO4. The van der Waals surface area contributed by atoms with Crippen LogP contribution in [0.15, 0.2) is 48.5 Å². The summed E-state index contributed by atoms with van der Waals surface area (Å²) in [4.78, 5) is 12.2. The molecule has 121 valence electrons. The van der Waals surface area contributed by atoms with E-state index in [9.17, 15) is 9.90 Å². The van der Waals surface area contributed by atoms with E-state index in [-0.39, 0.29) is 13.4 Å². The van der Waals surface area contributed by atoms with Crippen LogP contribution in [0.1, 0.15) is 15.9 Å². The minimum Gasteiger partial charge on any atom is -0.374 e. The molecule has 0 aliphatic rings. The summed E-state index contributed by atoms with van der Waals surface area (Å²) >= 11 is 0. The van der Waals surface area contributed by atoms with Crippen LogP contribution in [0.3, 0.4) is 0 Å². The van der Waals surface area contributed by atoms with Gasteiger partial charge in [0.05, 0.1) is 6.61 Å². The van der Waals surface area contributed by atoms with Gasteiger partial charge in [0.2, 0.25) is 0 Å². The number of carbonyl (C=O) groups excluding carboxylic acids is 1. The molecule has 2 aromatic carbocycles. The molecule has 0 heterocycles. The van der Waals surface area contributed by atoms with Crippen LogP contribution in [0.2, 0.25) is 0 Å². The second kappa shape index (κ2) is 8.43. The van der Waals surface area contributed by atoms with Gasteiger partial charge in [-0.3, -0.25) is 4.79 Å². The third-order valence-electron chi connectivity index (χ3n) is 3.21. The molecule has 0 saturated carbocycles. The van der Waals surface area contributed by atoms with Gasteiger partial charge in [0.15, 0.2) is 0 Å². The Labute approximate surface area is 135 Å². The summed E-state index contributed by atoms with van der Waals surface area (Å²) in [6.07, 6.45) is -1.16. The molecule has 0 aromatic heterocycles. The Kier molecular flexibility index (Phi) is 6.29. The van der Waals surface area contributed by atoms with Crippen molar-refractivity contribution in [2.75, 3.05) is 13.9 Å². The Morgan fingerprint density at radius 1 is 1.22 bits per heavy atom. The molecular weight excluding hydrogens is 294 g/mol. The summed E-state index contributed by atoms with van der Waals surface area (Å²) in [7, 11) is 1.53. The lowest BCUT2D eigenvalue weighted by Crippen LogP contribution is -2.33. The normalized spacial score (nSPS) is 12.0. The van der Waals surface area contributed by atoms with Gasteiger partial charge in [-0.2, -0.15) is 0 Å². The highest BCUT2D eigenvalue weighted by atomic mass is 16.7. The van der Waals surface area contributed by atoms with Crippen LogP contribution >= 0.6 is 0 Å². The van der Waals surface area contributed by atoms with Crippen LogP contribution in [0, 0.1) is 6.92 Å². The van der Waals surface area contributed by atoms with E-state index < -0.39 is 12.1 Å². The molecule has 23 heavy (non-hydrogen) atoms. The van der Waals surface area contributed by atoms with Gasteiger partial charge in [-0.1, -0.05) is 36.4 Å². The number of carbonyl (C=O) groups is 1. The molecule has 2 N–H and O–H groups in total. The third-order valence-corrected chi connectivity index (χ3v) is 3.21. The van der Waals surface area contributed by atoms with Gasteiger partial charge in [0, 0.05) is 12.7 Å². The lowest BCUT2D eigenvalue weighted by atomic mass is 9.99. The van der Waals surface area contributed by atoms with Crippen molar-refractivity contribution >= 4 is 5.91 Å². The van der Waals surface area contributed by atoms with Gasteiger partial charge >= 0.3 is 0 Å². The second-order valence-corrected chi connectivity index (χ2v) is 4.98. The first-order chi connectivity index (χ1) is 11.1. The predicted molar refractivity (Wildman–Crippen MR) is 87.4 cm³/mol. The van der Waals surface area contributed by atoms with E-state index in [1.807, 2.05) is 42.5 Å². The maximum absolute atomic E-state index is 12.2. The van der Waals surface area contributed by atoms with Gasteiger partial charge in [-0.25, -0.2) is 0 Å². The van der Waals surface area contributed by atoms with Crippen LogP contribution < -0.4 is 5.32 Å². The quantitative estimate of drug-likeness (QED) is 0.608. The third kappa shape index (κ3) is 4.89. The van der Waals surface area contributed by atoms with Crippen LogP contribution in [0.4, 0.5) is 0 Å². The van der Waals surface area contributed by atoms with Crippen molar-refractivity contribution in [2.24, 2.45) is 0 Å². The Bertz CT molecular complexity index is 641. The largest absolute Gasteiger partial charge is 0.374 e. The van der Waals surface area contributed by atoms with E-state index in [0.29, 0.717) is 11.1 Å². The highest BCUT2D eigenvalue weighted by Gasteiger charge is 2.14. The van der Waals surface area contributed by atoms with Crippen LogP contribution in [-0.2, 0) is 16.1 Å². The number of aliphatic hydroxyl groups is 1. The Morgan fingerprint density at radius 2 is 1.96 bits per heavy atom. The molecule has 2 rings (SSSR count). The molecule has 0 spiro atoms. The Balaban J connectivity index is 2.32. The molecule has 2 aromatic rings. The summed E-state index contributed by atoms with van der Waals surface area (Å²) in [6, 6.07) is 15.3. The maximum Gasteiger partial charge on any atom is 0.253 e. The van der Waals surface area contributed by atoms with E-state index in [2.05, 4.69) is 12.2 Å². The highest BCUT2D eigenvalue weighted by molar-refractivity contribution is 5.96. The van der Waals surface area contributed by atoms with E-state index in [4.69, 9.17) is 9.47 Å². The van der Waals surface area contributed by atoms with Crippen molar-refractivity contribution in [3.05, 3.63) is 66.6 Å². The number of rotatable bonds is 7. The topological polar surface area (TPSA) is 67.8 Å². The molecule has 0 fully saturated rings. The SMILES string of the molecule is [CH2]C(O)NC(=O)c1ccc(-c2ccccc2)cc1COCOC. The van der Waals surface area contributed by atoms with Crippen molar-refractivity contribution in [3.8, 4) is 11.1 Å². The van der Waals surface area contributed by atoms with Crippen LogP contribution in [0.5, 0.6) is 0 Å². The maximum atomic E-state index is 12.2. The van der Waals surface area contributed by atoms with Gasteiger partial charge in [0.1, 0.15) is 13.0 Å². The number of methoxy groups -OCH3 is 1. The minimum absolute atomic E-state index is 0.134. The average molecular weight is 314 g/mol. The van der Waals surface area contributed by atoms with E-state index >= 15 is 0 Å². The molecule has 1 radical (unpaired) electrons. The first-order valence-corrected chi connectivity index (χ1v) is 7.19. The minimum atomic E-state index is -1.16. The van der Waals surface area contributed by atoms with E-state index in [1.165, 1.54) is 7.11 Å². The van der Waals surface area contributed by atoms with Crippen LogP contribution in [-0.4, -0.2) is 31.1 Å². The van der Waals surface area contributed by atoms with E-state index in [0.717, 1.165) is 11.1 Å². The summed E-state index contributed by atoms with van der Waals surface area (Å²) in [5.74, 6) is -0.400. The molecule has 0 bridgehead atoms. The van der Waals surface area contributed by atoms with Crippen molar-refractivity contribution < 1.29 is 19.4 Å². The number of amides is 1. The number of hydrogen-bond acceptors (Lipinski definition) is 4. The zero-order chi connectivity index (χ0) is 16.7. The number of benzene rings is 2. The van der Waals surface area contributed by atoms with Gasteiger partial charge in [0.25, 0.3) is 5.91 Å². The summed E-state index contributed by atoms with van der Waals surface area (Å²) < 4.78 is 10.2. The average Bonchev–Trinajstić information content (AvgIpc) is 2.55. The molecule has 5 heteroatoms. The lowest BCUT2D eigenvalue weighted by molar-refractivity contribution is -0.0392. The molecule has 5 nitrogen and oxygen atoms in total. The molecule has 1 amide bonds. The number of aliphatic hydroxyl groups excluding tert-OH is 1. The fourth-order valence-electron chi connectivity index (χ4n) is 2.21. The standard InChI is InChI=1S/C18H20NO4/c1-13(20)19-18(21)17-9-8-15(14-6-4-3-5-7-14)10-16(17)11-23-12-22-2/h3-10,13,20H,1,11-12H2,2H3,(H,19,21). The lowest BCUT2D eigenvalue weighted by Gasteiger charge is -2.14. The summed E-state index contributed by atoms with van der Waals surface area (Å²) in [6.45, 7) is 3.71. The zero-order valence-corrected chi connectivity index (χ0v) is 13.0. The van der Waals surface area contributed by atoms with Gasteiger partial charge in [-0.05, 0) is 35.7 Å². The number of hydrogen-bond donors (Lipinski definition) is 2. The Morgan fingerprint density at radius 3 is 2.61 bits per heavy atom. The fraction of sp³-hybridized carbons (Fsp3) is 0.222. The van der Waals surface area contributed by atoms with Crippen molar-refractivity contribution in [3.63, 3.8) is 0 Å². The smallest absolute Gasteiger partial charge is 0.253 e. The summed E-state index contributed by atoms with van der Waals surface area (Å²) in [5, 5.41) is 11.6. The first kappa shape index (κ1) is 17.1. The van der Waals surface area contributed by atoms with Crippen molar-refractivity contribution in [1.82, 2.24) is 5.32 Å². The number of ether oxygens (including phenoxy) is 2. The van der Waals surface area contributed by atoms with Crippen molar-refractivity contribution in [1.29, 1.82) is 0 Å². The van der Waals surface area contributed by atoms with E-state index in [1.54, 1.807) is 6.07 Å². The second-order valence-electron chi connectivity index (χ2n) is 4.98. The van der Waals surface area contributed by atoms with Crippen LogP contribution in [0.25, 0.3) is 11.1 Å². The van der Waals surface area contributed by atoms with Gasteiger partial charge in [-0.15, -0.1) is 0 Å². The molecule has 1 unspecified atom stereocenters. The molecule has 0 aliphatic heterocycles. The first-order valence-electron chi connectivity index (χ1n) is 7.19. The zero-order valence-electron chi connectivity index (χ0n) is 13.0. The Hall–Kier alpha value is -2.21. The fourth-order valence-corrected chi connectivity index (χ4v) is 2.21. The molecule has 0 saturated heterocycles. The number of nitrogens with one attached hydrogen (secondary N) is 1.